The number of piperidine rings is 1. The number of hydrogen-bond acceptors (Lipinski definition) is 9. The number of pyridine rings is 1. The molecule has 0 bridgehead atoms. The minimum absolute atomic E-state index is 0.115. The molecule has 11 heteroatoms. The first kappa shape index (κ1) is 30.0. The molecule has 44 heavy (non-hydrogen) atoms. The zero-order chi connectivity index (χ0) is 30.7. The lowest BCUT2D eigenvalue weighted by molar-refractivity contribution is 0.0662. The molecule has 0 unspecified atom stereocenters. The molecule has 2 N–H and O–H groups in total. The molecule has 0 amide bonds. The molecular weight excluding hydrogens is 561 g/mol. The third-order valence-electron chi connectivity index (χ3n) is 9.04. The average Bonchev–Trinajstić information content (AvgIpc) is 3.55. The molecule has 0 aliphatic carbocycles. The molecule has 1 aromatic carbocycles. The van der Waals surface area contributed by atoms with Crippen molar-refractivity contribution >= 4 is 17.3 Å². The molecule has 0 saturated carbocycles. The summed E-state index contributed by atoms with van der Waals surface area (Å²) in [5, 5.41) is 18.0. The Bertz CT molecular complexity index is 1580. The van der Waals surface area contributed by atoms with Crippen LogP contribution in [0, 0.1) is 17.2 Å². The van der Waals surface area contributed by atoms with Crippen LogP contribution < -0.4 is 15.0 Å². The third-order valence-corrected chi connectivity index (χ3v) is 9.04. The second-order valence-electron chi connectivity index (χ2n) is 12.3. The molecule has 2 aliphatic heterocycles. The highest BCUT2D eigenvalue weighted by molar-refractivity contribution is 5.80. The van der Waals surface area contributed by atoms with E-state index in [2.05, 4.69) is 44.9 Å². The topological polar surface area (TPSA) is 110 Å². The van der Waals surface area contributed by atoms with Crippen molar-refractivity contribution < 1.29 is 19.0 Å². The van der Waals surface area contributed by atoms with E-state index in [0.29, 0.717) is 29.3 Å². The Morgan fingerprint density at radius 1 is 1.07 bits per heavy atom. The van der Waals surface area contributed by atoms with Crippen LogP contribution in [0.4, 0.5) is 21.7 Å². The molecule has 2 saturated heterocycles. The van der Waals surface area contributed by atoms with Gasteiger partial charge in [-0.15, -0.1) is 0 Å². The van der Waals surface area contributed by atoms with Gasteiger partial charge in [-0.3, -0.25) is 4.68 Å². The fourth-order valence-electron chi connectivity index (χ4n) is 6.23. The molecule has 2 fully saturated rings. The van der Waals surface area contributed by atoms with E-state index in [0.717, 1.165) is 68.8 Å². The number of aliphatic hydroxyl groups excluding tert-OH is 1. The van der Waals surface area contributed by atoms with Crippen LogP contribution in [0.15, 0.2) is 55.1 Å². The van der Waals surface area contributed by atoms with Gasteiger partial charge in [-0.25, -0.2) is 19.3 Å². The van der Waals surface area contributed by atoms with E-state index < -0.39 is 5.82 Å². The second kappa shape index (κ2) is 12.9. The Hall–Kier alpha value is -4.09. The summed E-state index contributed by atoms with van der Waals surface area (Å²) in [5.74, 6) is 1.67. The largest absolute Gasteiger partial charge is 0.496 e. The molecule has 0 atom stereocenters. The molecule has 0 spiro atoms. The summed E-state index contributed by atoms with van der Waals surface area (Å²) in [4.78, 5) is 16.1. The smallest absolute Gasteiger partial charge is 0.168 e. The lowest BCUT2D eigenvalue weighted by Crippen LogP contribution is -2.40. The Kier molecular flexibility index (Phi) is 8.76. The van der Waals surface area contributed by atoms with Crippen molar-refractivity contribution in [3.05, 3.63) is 60.9 Å². The number of ether oxygens (including phenoxy) is 2. The number of halogens is 1. The first-order valence-electron chi connectivity index (χ1n) is 15.3. The van der Waals surface area contributed by atoms with Gasteiger partial charge in [-0.1, -0.05) is 19.9 Å². The SMILES string of the molecule is COc1cccc(F)c1-c1nccc(Nc2cc(N3CCC(C(C)(C)CO)CC3)c(-c3cnn(C4CCOCC4)c3)cn2)n1. The Labute approximate surface area is 257 Å². The average molecular weight is 602 g/mol. The number of hydrogen-bond donors (Lipinski definition) is 2. The van der Waals surface area contributed by atoms with E-state index in [1.54, 1.807) is 24.4 Å². The molecule has 5 heterocycles. The summed E-state index contributed by atoms with van der Waals surface area (Å²) >= 11 is 0. The number of nitrogens with zero attached hydrogens (tertiary/aromatic N) is 6. The highest BCUT2D eigenvalue weighted by Gasteiger charge is 2.33. The van der Waals surface area contributed by atoms with Gasteiger partial charge in [-0.2, -0.15) is 5.10 Å². The van der Waals surface area contributed by atoms with Gasteiger partial charge >= 0.3 is 0 Å². The third kappa shape index (κ3) is 6.25. The first-order chi connectivity index (χ1) is 21.4. The van der Waals surface area contributed by atoms with E-state index in [1.807, 2.05) is 18.5 Å². The van der Waals surface area contributed by atoms with Crippen molar-refractivity contribution in [3.63, 3.8) is 0 Å². The molecule has 6 rings (SSSR count). The van der Waals surface area contributed by atoms with Gasteiger partial charge < -0.3 is 24.8 Å². The molecule has 10 nitrogen and oxygen atoms in total. The number of benzene rings is 1. The van der Waals surface area contributed by atoms with Crippen LogP contribution >= 0.6 is 0 Å². The van der Waals surface area contributed by atoms with Crippen molar-refractivity contribution in [2.24, 2.45) is 11.3 Å². The van der Waals surface area contributed by atoms with Crippen LogP contribution in [0.1, 0.15) is 45.6 Å². The summed E-state index contributed by atoms with van der Waals surface area (Å²) in [6.45, 7) is 7.70. The van der Waals surface area contributed by atoms with Gasteiger partial charge in [0.2, 0.25) is 0 Å². The summed E-state index contributed by atoms with van der Waals surface area (Å²) in [6.07, 6.45) is 11.4. The molecular formula is C33H40FN7O3. The minimum Gasteiger partial charge on any atom is -0.496 e. The van der Waals surface area contributed by atoms with E-state index >= 15 is 0 Å². The van der Waals surface area contributed by atoms with Gasteiger partial charge in [0.25, 0.3) is 0 Å². The fraction of sp³-hybridized carbons (Fsp3) is 0.455. The number of anilines is 3. The Morgan fingerprint density at radius 2 is 1.86 bits per heavy atom. The van der Waals surface area contributed by atoms with Gasteiger partial charge in [-0.05, 0) is 55.2 Å². The van der Waals surface area contributed by atoms with Crippen molar-refractivity contribution in [2.45, 2.75) is 45.6 Å². The minimum atomic E-state index is -0.458. The zero-order valence-electron chi connectivity index (χ0n) is 25.5. The quantitative estimate of drug-likeness (QED) is 0.243. The molecule has 4 aromatic rings. The van der Waals surface area contributed by atoms with Crippen LogP contribution in [0.5, 0.6) is 5.75 Å². The molecule has 2 aliphatic rings. The van der Waals surface area contributed by atoms with Gasteiger partial charge in [0.15, 0.2) is 5.82 Å². The second-order valence-corrected chi connectivity index (χ2v) is 12.3. The molecule has 3 aromatic heterocycles. The summed E-state index contributed by atoms with van der Waals surface area (Å²) in [6, 6.07) is 8.74. The Balaban J connectivity index is 1.31. The predicted molar refractivity (Wildman–Crippen MR) is 168 cm³/mol. The van der Waals surface area contributed by atoms with E-state index in [9.17, 15) is 9.50 Å². The number of methoxy groups -OCH3 is 1. The first-order valence-corrected chi connectivity index (χ1v) is 15.3. The van der Waals surface area contributed by atoms with Crippen molar-refractivity contribution in [3.8, 4) is 28.3 Å². The van der Waals surface area contributed by atoms with Crippen molar-refractivity contribution in [1.29, 1.82) is 0 Å². The standard InChI is InChI=1S/C33H40FN7O3/c1-33(2,21-42)23-8-13-40(14-9-23)27-17-30(36-19-25(27)22-18-37-41(20-22)24-10-15-44-16-11-24)38-29-7-12-35-32(39-29)31-26(34)5-4-6-28(31)43-3/h4-7,12,17-20,23-24,42H,8-11,13-16,21H2,1-3H3,(H,35,36,38,39). The number of nitrogens with one attached hydrogen (secondary N) is 1. The summed E-state index contributed by atoms with van der Waals surface area (Å²) in [7, 11) is 1.49. The highest BCUT2D eigenvalue weighted by Crippen LogP contribution is 2.40. The maximum Gasteiger partial charge on any atom is 0.168 e. The van der Waals surface area contributed by atoms with Crippen LogP contribution in [-0.4, -0.2) is 69.9 Å². The van der Waals surface area contributed by atoms with E-state index in [4.69, 9.17) is 19.6 Å². The van der Waals surface area contributed by atoms with Crippen LogP contribution in [0.25, 0.3) is 22.5 Å². The van der Waals surface area contributed by atoms with Crippen molar-refractivity contribution in [1.82, 2.24) is 24.7 Å². The highest BCUT2D eigenvalue weighted by atomic mass is 19.1. The summed E-state index contributed by atoms with van der Waals surface area (Å²) in [5.41, 5.74) is 3.17. The van der Waals surface area contributed by atoms with Crippen LogP contribution in [-0.2, 0) is 4.74 Å². The fourth-order valence-corrected chi connectivity index (χ4v) is 6.23. The summed E-state index contributed by atoms with van der Waals surface area (Å²) < 4.78 is 27.7. The number of aromatic nitrogens is 5. The lowest BCUT2D eigenvalue weighted by Gasteiger charge is -2.41. The van der Waals surface area contributed by atoms with Gasteiger partial charge in [0, 0.05) is 74.4 Å². The number of aliphatic hydroxyl groups is 1. The number of rotatable bonds is 9. The molecule has 0 radical (unpaired) electrons. The van der Waals surface area contributed by atoms with Gasteiger partial charge in [0.1, 0.15) is 23.2 Å². The maximum atomic E-state index is 14.8. The van der Waals surface area contributed by atoms with Crippen LogP contribution in [0.3, 0.4) is 0 Å². The normalized spacial score (nSPS) is 16.7. The van der Waals surface area contributed by atoms with Gasteiger partial charge in [0.05, 0.1) is 24.9 Å². The lowest BCUT2D eigenvalue weighted by atomic mass is 9.74. The van der Waals surface area contributed by atoms with E-state index in [1.165, 1.54) is 13.2 Å². The zero-order valence-corrected chi connectivity index (χ0v) is 25.5. The van der Waals surface area contributed by atoms with Crippen molar-refractivity contribution in [2.75, 3.05) is 50.2 Å². The van der Waals surface area contributed by atoms with Crippen LogP contribution in [0.2, 0.25) is 0 Å². The van der Waals surface area contributed by atoms with E-state index in [-0.39, 0.29) is 23.4 Å². The maximum absolute atomic E-state index is 14.8. The predicted octanol–water partition coefficient (Wildman–Crippen LogP) is 5.88. The monoisotopic (exact) mass is 601 g/mol. The Morgan fingerprint density at radius 3 is 2.61 bits per heavy atom. The molecule has 232 valence electrons.